The molecule has 2 aliphatic heterocycles. The van der Waals surface area contributed by atoms with Gasteiger partial charge in [-0.2, -0.15) is 0 Å². The van der Waals surface area contributed by atoms with E-state index < -0.39 is 17.7 Å². The van der Waals surface area contributed by atoms with Gasteiger partial charge in [0, 0.05) is 11.3 Å². The lowest BCUT2D eigenvalue weighted by Gasteiger charge is -2.23. The fraction of sp³-hybridized carbons (Fsp3) is 0.200. The van der Waals surface area contributed by atoms with Gasteiger partial charge in [0.15, 0.2) is 15.8 Å². The molecule has 0 saturated carbocycles. The molecule has 0 unspecified atom stereocenters. The Kier molecular flexibility index (Phi) is 7.81. The number of benzene rings is 3. The highest BCUT2D eigenvalue weighted by molar-refractivity contribution is 8.00. The lowest BCUT2D eigenvalue weighted by atomic mass is 9.95. The summed E-state index contributed by atoms with van der Waals surface area (Å²) in [5, 5.41) is 20.1. The minimum absolute atomic E-state index is 0.110. The van der Waals surface area contributed by atoms with Crippen LogP contribution in [0.1, 0.15) is 29.7 Å². The number of halogens is 1. The first-order valence-electron chi connectivity index (χ1n) is 13.1. The van der Waals surface area contributed by atoms with E-state index in [4.69, 9.17) is 14.2 Å². The first-order valence-corrected chi connectivity index (χ1v) is 14.9. The van der Waals surface area contributed by atoms with Crippen LogP contribution < -0.4 is 19.1 Å². The number of nitrogens with zero attached hydrogens (tertiary/aromatic N) is 3. The minimum Gasteiger partial charge on any atom is -0.507 e. The predicted octanol–water partition coefficient (Wildman–Crippen LogP) is 5.77. The van der Waals surface area contributed by atoms with Gasteiger partial charge >= 0.3 is 5.91 Å². The number of fused-ring (bicyclic) bond motifs is 1. The second-order valence-corrected chi connectivity index (χ2v) is 11.4. The maximum atomic E-state index is 14.1. The molecule has 2 aliphatic rings. The summed E-state index contributed by atoms with van der Waals surface area (Å²) in [6, 6.07) is 17.2. The number of aliphatic hydroxyl groups is 1. The summed E-state index contributed by atoms with van der Waals surface area (Å²) in [4.78, 5) is 28.3. The van der Waals surface area contributed by atoms with Crippen molar-refractivity contribution in [3.63, 3.8) is 0 Å². The number of ketones is 1. The van der Waals surface area contributed by atoms with Crippen LogP contribution in [0.2, 0.25) is 0 Å². The third-order valence-corrected chi connectivity index (χ3v) is 8.76. The van der Waals surface area contributed by atoms with E-state index in [-0.39, 0.29) is 22.3 Å². The van der Waals surface area contributed by atoms with E-state index in [0.29, 0.717) is 63.9 Å². The standard InChI is InChI=1S/C30H24FN3O6S2/c1-2-38-20-8-5-7-17(14-20)25-24(26(35)18-10-11-22-23(15-18)40-13-12-39-22)27(36)28(37)34(25)29-32-33-30(42-29)41-16-19-6-3-4-9-21(19)31/h3-11,14-15,25,35H,2,12-13,16H2,1H3/b26-24+/t25-/m1/s1. The van der Waals surface area contributed by atoms with Crippen LogP contribution in [0, 0.1) is 5.82 Å². The molecule has 1 atom stereocenters. The number of carbonyl (C=O) groups is 2. The third kappa shape index (κ3) is 5.30. The first-order chi connectivity index (χ1) is 20.4. The van der Waals surface area contributed by atoms with E-state index in [1.807, 2.05) is 6.92 Å². The zero-order chi connectivity index (χ0) is 29.2. The molecule has 214 valence electrons. The first kappa shape index (κ1) is 27.7. The SMILES string of the molecule is CCOc1cccc([C@@H]2/C(=C(\O)c3ccc4c(c3)OCCO4)C(=O)C(=O)N2c2nnc(SCc3ccccc3F)s2)c1. The number of aromatic nitrogens is 2. The van der Waals surface area contributed by atoms with Crippen LogP contribution >= 0.6 is 23.1 Å². The lowest BCUT2D eigenvalue weighted by molar-refractivity contribution is -0.132. The number of thioether (sulfide) groups is 1. The van der Waals surface area contributed by atoms with Gasteiger partial charge in [0.2, 0.25) is 5.13 Å². The van der Waals surface area contributed by atoms with Crippen molar-refractivity contribution in [1.29, 1.82) is 0 Å². The van der Waals surface area contributed by atoms with E-state index in [1.165, 1.54) is 22.7 Å². The topological polar surface area (TPSA) is 111 Å². The number of rotatable bonds is 8. The second kappa shape index (κ2) is 11.8. The van der Waals surface area contributed by atoms with Crippen molar-refractivity contribution in [2.24, 2.45) is 0 Å². The number of amides is 1. The zero-order valence-corrected chi connectivity index (χ0v) is 23.9. The zero-order valence-electron chi connectivity index (χ0n) is 22.3. The van der Waals surface area contributed by atoms with E-state index in [1.54, 1.807) is 60.7 Å². The number of Topliss-reactive ketones (excluding diaryl/α,β-unsaturated/α-hetero) is 1. The van der Waals surface area contributed by atoms with Gasteiger partial charge in [-0.25, -0.2) is 4.39 Å². The Morgan fingerprint density at radius 2 is 1.88 bits per heavy atom. The molecule has 42 heavy (non-hydrogen) atoms. The van der Waals surface area contributed by atoms with Crippen LogP contribution in [0.25, 0.3) is 5.76 Å². The molecule has 0 radical (unpaired) electrons. The number of hydrogen-bond acceptors (Lipinski definition) is 10. The normalized spacial score (nSPS) is 17.5. The van der Waals surface area contributed by atoms with Gasteiger partial charge in [-0.15, -0.1) is 10.2 Å². The van der Waals surface area contributed by atoms with Gasteiger partial charge in [-0.1, -0.05) is 53.4 Å². The van der Waals surface area contributed by atoms with Crippen LogP contribution in [-0.4, -0.2) is 46.8 Å². The van der Waals surface area contributed by atoms with Gasteiger partial charge in [0.05, 0.1) is 18.2 Å². The number of hydrogen-bond donors (Lipinski definition) is 1. The lowest BCUT2D eigenvalue weighted by Crippen LogP contribution is -2.29. The minimum atomic E-state index is -1.02. The molecule has 0 aliphatic carbocycles. The van der Waals surface area contributed by atoms with Gasteiger partial charge in [-0.3, -0.25) is 14.5 Å². The van der Waals surface area contributed by atoms with Crippen LogP contribution in [0.15, 0.2) is 76.6 Å². The van der Waals surface area contributed by atoms with E-state index in [0.717, 1.165) is 11.3 Å². The Morgan fingerprint density at radius 3 is 2.69 bits per heavy atom. The van der Waals surface area contributed by atoms with Crippen LogP contribution in [0.5, 0.6) is 17.2 Å². The monoisotopic (exact) mass is 605 g/mol. The Balaban J connectivity index is 1.41. The summed E-state index contributed by atoms with van der Waals surface area (Å²) < 4.78 is 31.5. The van der Waals surface area contributed by atoms with Crippen molar-refractivity contribution in [3.05, 3.63) is 94.8 Å². The van der Waals surface area contributed by atoms with Crippen molar-refractivity contribution < 1.29 is 33.3 Å². The van der Waals surface area contributed by atoms with Crippen molar-refractivity contribution in [2.75, 3.05) is 24.7 Å². The van der Waals surface area contributed by atoms with Crippen molar-refractivity contribution in [3.8, 4) is 17.2 Å². The van der Waals surface area contributed by atoms with Crippen molar-refractivity contribution in [2.45, 2.75) is 23.1 Å². The maximum absolute atomic E-state index is 14.1. The molecule has 9 nitrogen and oxygen atoms in total. The van der Waals surface area contributed by atoms with Crippen molar-refractivity contribution in [1.82, 2.24) is 10.2 Å². The predicted molar refractivity (Wildman–Crippen MR) is 156 cm³/mol. The number of ether oxygens (including phenoxy) is 3. The Morgan fingerprint density at radius 1 is 1.07 bits per heavy atom. The quantitative estimate of drug-likeness (QED) is 0.0880. The van der Waals surface area contributed by atoms with E-state index >= 15 is 0 Å². The van der Waals surface area contributed by atoms with E-state index in [2.05, 4.69) is 10.2 Å². The summed E-state index contributed by atoms with van der Waals surface area (Å²) in [5.74, 6) is -0.620. The second-order valence-electron chi connectivity index (χ2n) is 9.26. The molecule has 3 aromatic carbocycles. The molecular formula is C30H24FN3O6S2. The molecule has 1 saturated heterocycles. The molecular weight excluding hydrogens is 581 g/mol. The number of aliphatic hydroxyl groups excluding tert-OH is 1. The Bertz CT molecular complexity index is 1710. The third-order valence-electron chi connectivity index (χ3n) is 6.66. The van der Waals surface area contributed by atoms with E-state index in [9.17, 15) is 19.1 Å². The Labute approximate surface area is 248 Å². The van der Waals surface area contributed by atoms with Crippen LogP contribution in [0.4, 0.5) is 9.52 Å². The molecule has 0 bridgehead atoms. The average Bonchev–Trinajstić information content (AvgIpc) is 3.58. The highest BCUT2D eigenvalue weighted by Gasteiger charge is 2.48. The Hall–Kier alpha value is -4.42. The molecule has 1 amide bonds. The molecule has 1 aromatic heterocycles. The highest BCUT2D eigenvalue weighted by atomic mass is 32.2. The molecule has 3 heterocycles. The van der Waals surface area contributed by atoms with Crippen molar-refractivity contribution >= 4 is 45.7 Å². The molecule has 4 aromatic rings. The molecule has 6 rings (SSSR count). The summed E-state index contributed by atoms with van der Waals surface area (Å²) in [6.07, 6.45) is 0. The molecule has 0 spiro atoms. The molecule has 12 heteroatoms. The van der Waals surface area contributed by atoms with Gasteiger partial charge in [0.1, 0.15) is 30.5 Å². The highest BCUT2D eigenvalue weighted by Crippen LogP contribution is 2.45. The van der Waals surface area contributed by atoms with Gasteiger partial charge in [-0.05, 0) is 54.4 Å². The fourth-order valence-electron chi connectivity index (χ4n) is 4.75. The van der Waals surface area contributed by atoms with Crippen LogP contribution in [0.3, 0.4) is 0 Å². The summed E-state index contributed by atoms with van der Waals surface area (Å²) >= 11 is 2.37. The van der Waals surface area contributed by atoms with Crippen LogP contribution in [-0.2, 0) is 15.3 Å². The molecule has 1 fully saturated rings. The average molecular weight is 606 g/mol. The maximum Gasteiger partial charge on any atom is 0.301 e. The smallest absolute Gasteiger partial charge is 0.301 e. The number of carbonyl (C=O) groups excluding carboxylic acids is 2. The summed E-state index contributed by atoms with van der Waals surface area (Å²) in [6.45, 7) is 3.02. The summed E-state index contributed by atoms with van der Waals surface area (Å²) in [5.41, 5.74) is 1.23. The van der Waals surface area contributed by atoms with Gasteiger partial charge in [0.25, 0.3) is 5.78 Å². The summed E-state index contributed by atoms with van der Waals surface area (Å²) in [7, 11) is 0. The van der Waals surface area contributed by atoms with Gasteiger partial charge < -0.3 is 19.3 Å². The molecule has 1 N–H and O–H groups in total. The fourth-order valence-corrected chi connectivity index (χ4v) is 6.60. The largest absolute Gasteiger partial charge is 0.507 e. The number of anilines is 1.